The van der Waals surface area contributed by atoms with Gasteiger partial charge in [0.05, 0.1) is 0 Å². The van der Waals surface area contributed by atoms with Gasteiger partial charge in [0.1, 0.15) is 5.82 Å². The van der Waals surface area contributed by atoms with Crippen molar-refractivity contribution >= 4 is 5.69 Å². The van der Waals surface area contributed by atoms with Crippen molar-refractivity contribution in [1.29, 1.82) is 0 Å². The van der Waals surface area contributed by atoms with Crippen LogP contribution in [0.2, 0.25) is 0 Å². The minimum Gasteiger partial charge on any atom is -0.365 e. The molecular weight excluding hydrogens is 263 g/mol. The highest BCUT2D eigenvalue weighted by molar-refractivity contribution is 5.50. The van der Waals surface area contributed by atoms with Gasteiger partial charge in [-0.15, -0.1) is 0 Å². The summed E-state index contributed by atoms with van der Waals surface area (Å²) in [6, 6.07) is 6.87. The van der Waals surface area contributed by atoms with E-state index in [0.29, 0.717) is 18.0 Å². The summed E-state index contributed by atoms with van der Waals surface area (Å²) in [6.45, 7) is 9.81. The summed E-state index contributed by atoms with van der Waals surface area (Å²) in [6.07, 6.45) is 3.96. The maximum atomic E-state index is 14.0. The average molecular weight is 290 g/mol. The minimum atomic E-state index is -0.0823. The molecule has 0 bridgehead atoms. The second-order valence-electron chi connectivity index (χ2n) is 7.04. The number of piperazine rings is 1. The summed E-state index contributed by atoms with van der Waals surface area (Å²) in [5.74, 6) is 0.498. The van der Waals surface area contributed by atoms with Crippen molar-refractivity contribution in [2.45, 2.75) is 52.1 Å². The van der Waals surface area contributed by atoms with Gasteiger partial charge >= 0.3 is 0 Å². The Labute approximate surface area is 127 Å². The lowest BCUT2D eigenvalue weighted by molar-refractivity contribution is 0.100. The highest BCUT2D eigenvalue weighted by Crippen LogP contribution is 2.31. The minimum absolute atomic E-state index is 0.0823. The van der Waals surface area contributed by atoms with Crippen LogP contribution >= 0.6 is 0 Å². The summed E-state index contributed by atoms with van der Waals surface area (Å²) in [5.41, 5.74) is 1.79. The number of hydrogen-bond acceptors (Lipinski definition) is 2. The number of nitrogens with zero attached hydrogens (tertiary/aromatic N) is 2. The van der Waals surface area contributed by atoms with E-state index >= 15 is 0 Å². The van der Waals surface area contributed by atoms with Crippen LogP contribution < -0.4 is 4.90 Å². The summed E-state index contributed by atoms with van der Waals surface area (Å²) in [7, 11) is 0. The van der Waals surface area contributed by atoms with Crippen LogP contribution in [0.15, 0.2) is 18.2 Å². The topological polar surface area (TPSA) is 6.48 Å². The first-order chi connectivity index (χ1) is 10.1. The Morgan fingerprint density at radius 1 is 1.19 bits per heavy atom. The molecule has 1 aromatic rings. The molecule has 3 rings (SSSR count). The molecular formula is C18H27FN2. The van der Waals surface area contributed by atoms with Gasteiger partial charge in [0, 0.05) is 30.9 Å². The van der Waals surface area contributed by atoms with Crippen LogP contribution in [0.1, 0.15) is 38.7 Å². The van der Waals surface area contributed by atoms with Crippen molar-refractivity contribution in [2.75, 3.05) is 24.5 Å². The number of anilines is 1. The number of hydrogen-bond donors (Lipinski definition) is 0. The zero-order valence-electron chi connectivity index (χ0n) is 13.5. The molecule has 0 N–H and O–H groups in total. The molecule has 2 heterocycles. The molecule has 3 heteroatoms. The van der Waals surface area contributed by atoms with E-state index in [1.807, 2.05) is 13.0 Å². The number of rotatable bonds is 2. The normalized spacial score (nSPS) is 27.0. The average Bonchev–Trinajstić information content (AvgIpc) is 2.48. The third-order valence-electron chi connectivity index (χ3n) is 5.24. The third kappa shape index (κ3) is 2.94. The zero-order valence-corrected chi connectivity index (χ0v) is 13.5. The number of piperidine rings is 1. The van der Waals surface area contributed by atoms with Crippen molar-refractivity contribution in [2.24, 2.45) is 5.92 Å². The standard InChI is InChI=1S/C18H27FN2/c1-13(2)18-12-20-9-5-4-6-16(20)11-21(18)15-8-7-14(3)17(19)10-15/h7-8,10,13,16,18H,4-6,9,11-12H2,1-3H3. The number of aryl methyl sites for hydroxylation is 1. The first kappa shape index (κ1) is 14.8. The molecule has 2 aliphatic heterocycles. The summed E-state index contributed by atoms with van der Waals surface area (Å²) in [5, 5.41) is 0. The SMILES string of the molecule is Cc1ccc(N2CC3CCCCN3CC2C(C)C)cc1F. The monoisotopic (exact) mass is 290 g/mol. The molecule has 0 aromatic heterocycles. The van der Waals surface area contributed by atoms with Gasteiger partial charge < -0.3 is 4.90 Å². The molecule has 2 saturated heterocycles. The highest BCUT2D eigenvalue weighted by atomic mass is 19.1. The van der Waals surface area contributed by atoms with Crippen LogP contribution in [0.3, 0.4) is 0 Å². The second-order valence-corrected chi connectivity index (χ2v) is 7.04. The van der Waals surface area contributed by atoms with Crippen molar-refractivity contribution in [3.63, 3.8) is 0 Å². The van der Waals surface area contributed by atoms with Gasteiger partial charge in [-0.2, -0.15) is 0 Å². The molecule has 2 atom stereocenters. The van der Waals surface area contributed by atoms with E-state index < -0.39 is 0 Å². The third-order valence-corrected chi connectivity index (χ3v) is 5.24. The van der Waals surface area contributed by atoms with E-state index in [1.165, 1.54) is 25.8 Å². The predicted molar refractivity (Wildman–Crippen MR) is 86.3 cm³/mol. The smallest absolute Gasteiger partial charge is 0.128 e. The lowest BCUT2D eigenvalue weighted by Crippen LogP contribution is -2.61. The van der Waals surface area contributed by atoms with Crippen molar-refractivity contribution in [3.05, 3.63) is 29.6 Å². The molecule has 2 aliphatic rings. The van der Waals surface area contributed by atoms with E-state index in [0.717, 1.165) is 24.3 Å². The van der Waals surface area contributed by atoms with E-state index in [2.05, 4.69) is 29.7 Å². The van der Waals surface area contributed by atoms with Gasteiger partial charge in [0.15, 0.2) is 0 Å². The van der Waals surface area contributed by atoms with Gasteiger partial charge in [-0.05, 0) is 49.9 Å². The maximum absolute atomic E-state index is 14.0. The molecule has 1 aromatic carbocycles. The fourth-order valence-corrected chi connectivity index (χ4v) is 3.84. The quantitative estimate of drug-likeness (QED) is 0.816. The number of benzene rings is 1. The summed E-state index contributed by atoms with van der Waals surface area (Å²) in [4.78, 5) is 5.12. The lowest BCUT2D eigenvalue weighted by Gasteiger charge is -2.50. The molecule has 2 unspecified atom stereocenters. The first-order valence-corrected chi connectivity index (χ1v) is 8.33. The molecule has 2 nitrogen and oxygen atoms in total. The lowest BCUT2D eigenvalue weighted by atomic mass is 9.91. The fraction of sp³-hybridized carbons (Fsp3) is 0.667. The summed E-state index contributed by atoms with van der Waals surface area (Å²) < 4.78 is 14.0. The molecule has 0 amide bonds. The zero-order chi connectivity index (χ0) is 15.0. The van der Waals surface area contributed by atoms with Gasteiger partial charge in [0.25, 0.3) is 0 Å². The Morgan fingerprint density at radius 3 is 2.71 bits per heavy atom. The van der Waals surface area contributed by atoms with Gasteiger partial charge in [-0.25, -0.2) is 4.39 Å². The van der Waals surface area contributed by atoms with Gasteiger partial charge in [-0.1, -0.05) is 26.3 Å². The van der Waals surface area contributed by atoms with E-state index in [-0.39, 0.29) is 5.82 Å². The molecule has 0 saturated carbocycles. The Hall–Kier alpha value is -1.09. The molecule has 0 radical (unpaired) electrons. The number of fused-ring (bicyclic) bond motifs is 1. The van der Waals surface area contributed by atoms with Crippen molar-refractivity contribution in [3.8, 4) is 0 Å². The van der Waals surface area contributed by atoms with Crippen LogP contribution in [0.5, 0.6) is 0 Å². The fourth-order valence-electron chi connectivity index (χ4n) is 3.84. The molecule has 116 valence electrons. The van der Waals surface area contributed by atoms with E-state index in [1.54, 1.807) is 6.07 Å². The maximum Gasteiger partial charge on any atom is 0.128 e. The van der Waals surface area contributed by atoms with E-state index in [9.17, 15) is 4.39 Å². The van der Waals surface area contributed by atoms with Gasteiger partial charge in [0.2, 0.25) is 0 Å². The van der Waals surface area contributed by atoms with Crippen molar-refractivity contribution in [1.82, 2.24) is 4.90 Å². The Morgan fingerprint density at radius 2 is 2.00 bits per heavy atom. The summed E-state index contributed by atoms with van der Waals surface area (Å²) >= 11 is 0. The molecule has 0 aliphatic carbocycles. The van der Waals surface area contributed by atoms with Crippen molar-refractivity contribution < 1.29 is 4.39 Å². The van der Waals surface area contributed by atoms with Crippen LogP contribution in [-0.4, -0.2) is 36.6 Å². The Kier molecular flexibility index (Phi) is 4.21. The molecule has 21 heavy (non-hydrogen) atoms. The largest absolute Gasteiger partial charge is 0.365 e. The molecule has 0 spiro atoms. The highest BCUT2D eigenvalue weighted by Gasteiger charge is 2.36. The molecule has 2 fully saturated rings. The Bertz CT molecular complexity index is 500. The van der Waals surface area contributed by atoms with Crippen LogP contribution in [0.4, 0.5) is 10.1 Å². The second kappa shape index (κ2) is 5.96. The first-order valence-electron chi connectivity index (χ1n) is 8.33. The van der Waals surface area contributed by atoms with Crippen LogP contribution in [0.25, 0.3) is 0 Å². The van der Waals surface area contributed by atoms with Crippen LogP contribution in [0, 0.1) is 18.7 Å². The van der Waals surface area contributed by atoms with E-state index in [4.69, 9.17) is 0 Å². The Balaban J connectivity index is 1.88. The number of halogens is 1. The van der Waals surface area contributed by atoms with Gasteiger partial charge in [-0.3, -0.25) is 4.90 Å². The van der Waals surface area contributed by atoms with Crippen LogP contribution in [-0.2, 0) is 0 Å². The predicted octanol–water partition coefficient (Wildman–Crippen LogP) is 3.83.